The lowest BCUT2D eigenvalue weighted by molar-refractivity contribution is 0.204. The maximum absolute atomic E-state index is 4.15. The summed E-state index contributed by atoms with van der Waals surface area (Å²) in [5.74, 6) is 1.67. The molecule has 0 radical (unpaired) electrons. The molecule has 0 amide bonds. The quantitative estimate of drug-likeness (QED) is 0.542. The molecule has 0 unspecified atom stereocenters. The number of rotatable bonds is 1. The normalized spacial score (nSPS) is 40.6. The fourth-order valence-electron chi connectivity index (χ4n) is 3.72. The Kier molecular flexibility index (Phi) is 2.79. The van der Waals surface area contributed by atoms with Crippen LogP contribution in [0.25, 0.3) is 0 Å². The van der Waals surface area contributed by atoms with Gasteiger partial charge in [0.1, 0.15) is 0 Å². The Bertz CT molecular complexity index is 297. The first kappa shape index (κ1) is 11.0. The molecule has 2 aliphatic rings. The Morgan fingerprint density at radius 1 is 1.47 bits per heavy atom. The van der Waals surface area contributed by atoms with Gasteiger partial charge in [0.2, 0.25) is 0 Å². The summed E-state index contributed by atoms with van der Waals surface area (Å²) in [5.41, 5.74) is 3.62. The van der Waals surface area contributed by atoms with Gasteiger partial charge in [-0.3, -0.25) is 0 Å². The predicted octanol–water partition coefficient (Wildman–Crippen LogP) is 4.73. The zero-order valence-electron chi connectivity index (χ0n) is 10.5. The van der Waals surface area contributed by atoms with Crippen LogP contribution in [-0.4, -0.2) is 0 Å². The summed E-state index contributed by atoms with van der Waals surface area (Å²) in [6.45, 7) is 11.2. The topological polar surface area (TPSA) is 0 Å². The molecule has 0 aliphatic heterocycles. The van der Waals surface area contributed by atoms with E-state index >= 15 is 0 Å². The second-order valence-electron chi connectivity index (χ2n) is 5.81. The first-order chi connectivity index (χ1) is 7.06. The first-order valence-electron chi connectivity index (χ1n) is 6.39. The summed E-state index contributed by atoms with van der Waals surface area (Å²) in [6, 6.07) is 0. The average molecular weight is 204 g/mol. The molecule has 2 rings (SSSR count). The molecular weight excluding hydrogens is 180 g/mol. The van der Waals surface area contributed by atoms with E-state index in [-0.39, 0.29) is 0 Å². The molecule has 15 heavy (non-hydrogen) atoms. The molecule has 0 bridgehead atoms. The highest BCUT2D eigenvalue weighted by molar-refractivity contribution is 5.21. The van der Waals surface area contributed by atoms with Crippen molar-refractivity contribution in [3.8, 4) is 0 Å². The van der Waals surface area contributed by atoms with Crippen molar-refractivity contribution in [2.24, 2.45) is 17.3 Å². The van der Waals surface area contributed by atoms with Gasteiger partial charge in [-0.2, -0.15) is 0 Å². The van der Waals surface area contributed by atoms with Crippen LogP contribution >= 0.6 is 0 Å². The van der Waals surface area contributed by atoms with Gasteiger partial charge in [0, 0.05) is 0 Å². The van der Waals surface area contributed by atoms with E-state index in [0.29, 0.717) is 5.41 Å². The minimum absolute atomic E-state index is 0.544. The van der Waals surface area contributed by atoms with Gasteiger partial charge in [0.15, 0.2) is 0 Å². The van der Waals surface area contributed by atoms with Crippen molar-refractivity contribution in [1.29, 1.82) is 0 Å². The second kappa shape index (κ2) is 3.81. The van der Waals surface area contributed by atoms with Gasteiger partial charge >= 0.3 is 0 Å². The van der Waals surface area contributed by atoms with E-state index in [2.05, 4.69) is 33.4 Å². The number of hydrogen-bond donors (Lipinski definition) is 0. The van der Waals surface area contributed by atoms with Crippen LogP contribution < -0.4 is 0 Å². The van der Waals surface area contributed by atoms with E-state index < -0.39 is 0 Å². The average Bonchev–Trinajstić information content (AvgIpc) is 2.61. The van der Waals surface area contributed by atoms with Crippen molar-refractivity contribution >= 4 is 0 Å². The van der Waals surface area contributed by atoms with Crippen molar-refractivity contribution < 1.29 is 0 Å². The largest absolute Gasteiger partial charge is 0.0999 e. The highest BCUT2D eigenvalue weighted by Crippen LogP contribution is 2.56. The highest BCUT2D eigenvalue weighted by Gasteiger charge is 2.45. The molecule has 0 aromatic rings. The van der Waals surface area contributed by atoms with E-state index in [1.165, 1.54) is 37.7 Å². The standard InChI is InChI=1S/C15H24/c1-11(2)14-8-9-15(10-14)12(3)6-5-7-13(15)4/h6,13-14H,1,5,7-10H2,2-4H3/t13-,14+,15-/m0/s1. The lowest BCUT2D eigenvalue weighted by atomic mass is 9.64. The zero-order valence-corrected chi connectivity index (χ0v) is 10.5. The van der Waals surface area contributed by atoms with Crippen LogP contribution in [-0.2, 0) is 0 Å². The third-order valence-corrected chi connectivity index (χ3v) is 5.03. The maximum Gasteiger partial charge on any atom is -0.00592 e. The lowest BCUT2D eigenvalue weighted by Crippen LogP contribution is -2.30. The molecule has 0 nitrogen and oxygen atoms in total. The maximum atomic E-state index is 4.15. The van der Waals surface area contributed by atoms with Crippen molar-refractivity contribution in [2.45, 2.75) is 52.9 Å². The highest BCUT2D eigenvalue weighted by atomic mass is 14.5. The smallest absolute Gasteiger partial charge is 0.00592 e. The number of allylic oxidation sites excluding steroid dienone is 3. The summed E-state index contributed by atoms with van der Waals surface area (Å²) in [5, 5.41) is 0. The van der Waals surface area contributed by atoms with Gasteiger partial charge in [-0.15, -0.1) is 0 Å². The first-order valence-corrected chi connectivity index (χ1v) is 6.39. The molecule has 84 valence electrons. The Morgan fingerprint density at radius 3 is 2.73 bits per heavy atom. The Hall–Kier alpha value is -0.520. The Balaban J connectivity index is 2.23. The van der Waals surface area contributed by atoms with Crippen LogP contribution in [0.5, 0.6) is 0 Å². The van der Waals surface area contributed by atoms with Gasteiger partial charge in [0.25, 0.3) is 0 Å². The van der Waals surface area contributed by atoms with Crippen LogP contribution in [0.4, 0.5) is 0 Å². The zero-order chi connectivity index (χ0) is 11.1. The Labute approximate surface area is 94.5 Å². The van der Waals surface area contributed by atoms with Gasteiger partial charge in [0.05, 0.1) is 0 Å². The fraction of sp³-hybridized carbons (Fsp3) is 0.733. The lowest BCUT2D eigenvalue weighted by Gasteiger charge is -2.40. The summed E-state index contributed by atoms with van der Waals surface area (Å²) in [6.07, 6.45) is 9.30. The molecule has 1 saturated carbocycles. The van der Waals surface area contributed by atoms with Crippen LogP contribution in [0.3, 0.4) is 0 Å². The van der Waals surface area contributed by atoms with Gasteiger partial charge in [-0.25, -0.2) is 0 Å². The molecule has 0 aromatic heterocycles. The monoisotopic (exact) mass is 204 g/mol. The molecule has 0 heterocycles. The number of hydrogen-bond acceptors (Lipinski definition) is 0. The summed E-state index contributed by atoms with van der Waals surface area (Å²) < 4.78 is 0. The SMILES string of the molecule is C=C(C)[C@@H]1CC[C@]2(C1)C(C)=CCC[C@@H]2C. The van der Waals surface area contributed by atoms with E-state index in [9.17, 15) is 0 Å². The van der Waals surface area contributed by atoms with Crippen molar-refractivity contribution in [3.63, 3.8) is 0 Å². The molecule has 0 heteroatoms. The van der Waals surface area contributed by atoms with Crippen LogP contribution in [0.15, 0.2) is 23.8 Å². The molecule has 2 aliphatic carbocycles. The fourth-order valence-corrected chi connectivity index (χ4v) is 3.72. The molecular formula is C15H24. The van der Waals surface area contributed by atoms with Crippen molar-refractivity contribution in [2.75, 3.05) is 0 Å². The predicted molar refractivity (Wildman–Crippen MR) is 66.7 cm³/mol. The molecule has 1 fully saturated rings. The minimum atomic E-state index is 0.544. The summed E-state index contributed by atoms with van der Waals surface area (Å²) in [4.78, 5) is 0. The second-order valence-corrected chi connectivity index (χ2v) is 5.81. The minimum Gasteiger partial charge on any atom is -0.0999 e. The van der Waals surface area contributed by atoms with Crippen molar-refractivity contribution in [1.82, 2.24) is 0 Å². The third-order valence-electron chi connectivity index (χ3n) is 5.03. The van der Waals surface area contributed by atoms with Crippen molar-refractivity contribution in [3.05, 3.63) is 23.8 Å². The van der Waals surface area contributed by atoms with Crippen LogP contribution in [0, 0.1) is 17.3 Å². The van der Waals surface area contributed by atoms with E-state index in [1.54, 1.807) is 5.57 Å². The van der Waals surface area contributed by atoms with E-state index in [4.69, 9.17) is 0 Å². The third kappa shape index (κ3) is 1.68. The Morgan fingerprint density at radius 2 is 2.20 bits per heavy atom. The molecule has 0 N–H and O–H groups in total. The molecule has 0 saturated heterocycles. The molecule has 3 atom stereocenters. The van der Waals surface area contributed by atoms with Gasteiger partial charge in [-0.1, -0.05) is 30.7 Å². The van der Waals surface area contributed by atoms with Crippen LogP contribution in [0.1, 0.15) is 52.9 Å². The molecule has 0 aromatic carbocycles. The van der Waals surface area contributed by atoms with E-state index in [0.717, 1.165) is 11.8 Å². The van der Waals surface area contributed by atoms with E-state index in [1.807, 2.05) is 0 Å². The summed E-state index contributed by atoms with van der Waals surface area (Å²) >= 11 is 0. The summed E-state index contributed by atoms with van der Waals surface area (Å²) in [7, 11) is 0. The van der Waals surface area contributed by atoms with Gasteiger partial charge < -0.3 is 0 Å². The molecule has 1 spiro atoms. The van der Waals surface area contributed by atoms with Crippen LogP contribution in [0.2, 0.25) is 0 Å². The van der Waals surface area contributed by atoms with Gasteiger partial charge in [-0.05, 0) is 63.2 Å².